The van der Waals surface area contributed by atoms with Crippen molar-refractivity contribution in [3.8, 4) is 6.07 Å². The Bertz CT molecular complexity index is 484. The van der Waals surface area contributed by atoms with Crippen LogP contribution >= 0.6 is 0 Å². The van der Waals surface area contributed by atoms with Gasteiger partial charge in [-0.2, -0.15) is 5.26 Å². The number of hydrogen-bond donors (Lipinski definition) is 2. The van der Waals surface area contributed by atoms with Crippen molar-refractivity contribution >= 4 is 6.09 Å². The van der Waals surface area contributed by atoms with Crippen LogP contribution in [0.4, 0.5) is 4.79 Å². The van der Waals surface area contributed by atoms with Gasteiger partial charge in [-0.3, -0.25) is 0 Å². The van der Waals surface area contributed by atoms with E-state index in [0.717, 1.165) is 18.5 Å². The molecule has 1 fully saturated rings. The summed E-state index contributed by atoms with van der Waals surface area (Å²) in [6, 6.07) is 11.7. The molecule has 20 heavy (non-hydrogen) atoms. The van der Waals surface area contributed by atoms with Crippen LogP contribution in [0, 0.1) is 17.2 Å². The monoisotopic (exact) mass is 273 g/mol. The molecule has 0 saturated carbocycles. The van der Waals surface area contributed by atoms with E-state index in [1.807, 2.05) is 30.3 Å². The second-order valence-electron chi connectivity index (χ2n) is 5.08. The highest BCUT2D eigenvalue weighted by Crippen LogP contribution is 2.23. The summed E-state index contributed by atoms with van der Waals surface area (Å²) in [5.74, 6) is 0.0635. The van der Waals surface area contributed by atoms with Gasteiger partial charge in [0.05, 0.1) is 6.07 Å². The fourth-order valence-electron chi connectivity index (χ4n) is 2.75. The summed E-state index contributed by atoms with van der Waals surface area (Å²) in [6.07, 6.45) is 0.227. The molecule has 1 heterocycles. The van der Waals surface area contributed by atoms with E-state index in [1.165, 1.54) is 4.90 Å². The zero-order chi connectivity index (χ0) is 14.4. The minimum absolute atomic E-state index is 0.0635. The molecule has 0 bridgehead atoms. The molecular weight excluding hydrogens is 254 g/mol. The van der Waals surface area contributed by atoms with Crippen molar-refractivity contribution in [2.75, 3.05) is 13.1 Å². The molecular formula is C15H19N3O2. The van der Waals surface area contributed by atoms with Crippen molar-refractivity contribution in [3.05, 3.63) is 35.9 Å². The first kappa shape index (κ1) is 14.4. The highest BCUT2D eigenvalue weighted by atomic mass is 16.4. The number of carboxylic acid groups (broad SMARTS) is 1. The number of carbonyl (C=O) groups is 1. The molecule has 1 amide bonds. The van der Waals surface area contributed by atoms with Crippen LogP contribution in [0.1, 0.15) is 18.4 Å². The molecule has 0 aromatic heterocycles. The molecule has 5 nitrogen and oxygen atoms in total. The van der Waals surface area contributed by atoms with Gasteiger partial charge >= 0.3 is 6.09 Å². The molecule has 1 aromatic rings. The van der Waals surface area contributed by atoms with Gasteiger partial charge in [0.2, 0.25) is 0 Å². The Morgan fingerprint density at radius 1 is 1.45 bits per heavy atom. The third kappa shape index (κ3) is 3.49. The largest absolute Gasteiger partial charge is 0.465 e. The van der Waals surface area contributed by atoms with Gasteiger partial charge in [-0.15, -0.1) is 0 Å². The van der Waals surface area contributed by atoms with Crippen LogP contribution in [0.25, 0.3) is 0 Å². The molecule has 2 N–H and O–H groups in total. The minimum atomic E-state index is -0.913. The number of rotatable bonds is 4. The Kier molecular flexibility index (Phi) is 4.97. The summed E-state index contributed by atoms with van der Waals surface area (Å²) in [5.41, 5.74) is 0.976. The number of piperidine rings is 1. The summed E-state index contributed by atoms with van der Waals surface area (Å²) in [4.78, 5) is 13.1. The molecule has 1 aliphatic rings. The van der Waals surface area contributed by atoms with Crippen molar-refractivity contribution in [2.24, 2.45) is 5.92 Å². The zero-order valence-electron chi connectivity index (χ0n) is 11.3. The molecule has 2 atom stereocenters. The van der Waals surface area contributed by atoms with Crippen molar-refractivity contribution in [3.63, 3.8) is 0 Å². The Hall–Kier alpha value is -2.06. The molecule has 1 saturated heterocycles. The van der Waals surface area contributed by atoms with Crippen molar-refractivity contribution < 1.29 is 9.90 Å². The van der Waals surface area contributed by atoms with Crippen LogP contribution in [0.5, 0.6) is 0 Å². The fourth-order valence-corrected chi connectivity index (χ4v) is 2.75. The lowest BCUT2D eigenvalue weighted by Crippen LogP contribution is -2.51. The Morgan fingerprint density at radius 3 is 2.85 bits per heavy atom. The first-order valence-corrected chi connectivity index (χ1v) is 6.83. The van der Waals surface area contributed by atoms with E-state index in [9.17, 15) is 9.90 Å². The predicted octanol–water partition coefficient (Wildman–Crippen LogP) is 2.06. The Labute approximate surface area is 118 Å². The summed E-state index contributed by atoms with van der Waals surface area (Å²) < 4.78 is 0. The standard InChI is InChI=1S/C15H19N3O2/c16-8-6-13-10-17-9-7-14(13)18(15(19)20)11-12-4-2-1-3-5-12/h1-5,13-14,17H,6-7,9-11H2,(H,19,20)/t13-,14-/m0/s1. The van der Waals surface area contributed by atoms with Gasteiger partial charge < -0.3 is 15.3 Å². The van der Waals surface area contributed by atoms with Crippen molar-refractivity contribution in [1.82, 2.24) is 10.2 Å². The molecule has 0 aliphatic carbocycles. The predicted molar refractivity (Wildman–Crippen MR) is 75.0 cm³/mol. The first-order valence-electron chi connectivity index (χ1n) is 6.83. The van der Waals surface area contributed by atoms with Crippen LogP contribution in [-0.4, -0.2) is 35.2 Å². The second-order valence-corrected chi connectivity index (χ2v) is 5.08. The van der Waals surface area contributed by atoms with Gasteiger partial charge in [-0.1, -0.05) is 30.3 Å². The van der Waals surface area contributed by atoms with Crippen LogP contribution in [0.15, 0.2) is 30.3 Å². The van der Waals surface area contributed by atoms with Gasteiger partial charge in [0.1, 0.15) is 0 Å². The lowest BCUT2D eigenvalue weighted by molar-refractivity contribution is 0.0865. The molecule has 1 aromatic carbocycles. The van der Waals surface area contributed by atoms with Crippen LogP contribution < -0.4 is 5.32 Å². The number of nitrogens with one attached hydrogen (secondary N) is 1. The zero-order valence-corrected chi connectivity index (χ0v) is 11.3. The summed E-state index contributed by atoms with van der Waals surface area (Å²) in [5, 5.41) is 21.6. The molecule has 0 spiro atoms. The highest BCUT2D eigenvalue weighted by molar-refractivity contribution is 5.65. The van der Waals surface area contributed by atoms with E-state index in [-0.39, 0.29) is 12.0 Å². The maximum Gasteiger partial charge on any atom is 0.407 e. The summed E-state index contributed by atoms with van der Waals surface area (Å²) in [7, 11) is 0. The van der Waals surface area contributed by atoms with Gasteiger partial charge in [-0.25, -0.2) is 4.79 Å². The Morgan fingerprint density at radius 2 is 2.20 bits per heavy atom. The average molecular weight is 273 g/mol. The third-order valence-electron chi connectivity index (χ3n) is 3.76. The van der Waals surface area contributed by atoms with E-state index in [0.29, 0.717) is 19.5 Å². The second kappa shape index (κ2) is 6.92. The SMILES string of the molecule is N#CC[C@H]1CNCC[C@@H]1N(Cc1ccccc1)C(=O)O. The number of benzene rings is 1. The van der Waals surface area contributed by atoms with Gasteiger partial charge in [0.25, 0.3) is 0 Å². The number of nitrogens with zero attached hydrogens (tertiary/aromatic N) is 2. The smallest absolute Gasteiger partial charge is 0.407 e. The van der Waals surface area contributed by atoms with Gasteiger partial charge in [0, 0.05) is 31.5 Å². The van der Waals surface area contributed by atoms with E-state index < -0.39 is 6.09 Å². The topological polar surface area (TPSA) is 76.4 Å². The number of nitriles is 1. The van der Waals surface area contributed by atoms with Gasteiger partial charge in [0.15, 0.2) is 0 Å². The molecule has 1 aliphatic heterocycles. The molecule has 106 valence electrons. The molecule has 5 heteroatoms. The number of hydrogen-bond acceptors (Lipinski definition) is 3. The van der Waals surface area contributed by atoms with E-state index in [2.05, 4.69) is 11.4 Å². The maximum absolute atomic E-state index is 11.6. The van der Waals surface area contributed by atoms with Crippen LogP contribution in [0.3, 0.4) is 0 Å². The maximum atomic E-state index is 11.6. The molecule has 0 unspecified atom stereocenters. The van der Waals surface area contributed by atoms with Crippen molar-refractivity contribution in [2.45, 2.75) is 25.4 Å². The fraction of sp³-hybridized carbons (Fsp3) is 0.467. The number of amides is 1. The quantitative estimate of drug-likeness (QED) is 0.880. The summed E-state index contributed by atoms with van der Waals surface area (Å²) >= 11 is 0. The lowest BCUT2D eigenvalue weighted by Gasteiger charge is -2.38. The van der Waals surface area contributed by atoms with Crippen LogP contribution in [-0.2, 0) is 6.54 Å². The highest BCUT2D eigenvalue weighted by Gasteiger charge is 2.32. The minimum Gasteiger partial charge on any atom is -0.465 e. The van der Waals surface area contributed by atoms with E-state index >= 15 is 0 Å². The average Bonchev–Trinajstić information content (AvgIpc) is 2.47. The summed E-state index contributed by atoms with van der Waals surface area (Å²) in [6.45, 7) is 1.88. The normalized spacial score (nSPS) is 21.9. The first-order chi connectivity index (χ1) is 9.72. The molecule has 2 rings (SSSR count). The van der Waals surface area contributed by atoms with E-state index in [4.69, 9.17) is 5.26 Å². The van der Waals surface area contributed by atoms with E-state index in [1.54, 1.807) is 0 Å². The molecule has 0 radical (unpaired) electrons. The van der Waals surface area contributed by atoms with Crippen LogP contribution in [0.2, 0.25) is 0 Å². The third-order valence-corrected chi connectivity index (χ3v) is 3.76. The van der Waals surface area contributed by atoms with Crippen molar-refractivity contribution in [1.29, 1.82) is 5.26 Å². The van der Waals surface area contributed by atoms with Gasteiger partial charge in [-0.05, 0) is 18.5 Å². The Balaban J connectivity index is 2.14. The lowest BCUT2D eigenvalue weighted by atomic mass is 9.89.